The Labute approximate surface area is 163 Å². The molecule has 0 fully saturated rings. The van der Waals surface area contributed by atoms with E-state index in [9.17, 15) is 9.18 Å². The molecule has 28 heavy (non-hydrogen) atoms. The first-order chi connectivity index (χ1) is 13.6. The number of hydrogen-bond acceptors (Lipinski definition) is 4. The van der Waals surface area contributed by atoms with Crippen LogP contribution in [0.25, 0.3) is 0 Å². The fraction of sp³-hybridized carbons (Fsp3) is 0.286. The van der Waals surface area contributed by atoms with Gasteiger partial charge in [0.1, 0.15) is 30.4 Å². The van der Waals surface area contributed by atoms with Crippen molar-refractivity contribution in [3.8, 4) is 5.75 Å². The number of nitrogens with one attached hydrogen (secondary N) is 1. The molecule has 1 N–H and O–H groups in total. The van der Waals surface area contributed by atoms with E-state index in [2.05, 4.69) is 15.6 Å². The van der Waals surface area contributed by atoms with Gasteiger partial charge in [0.25, 0.3) is 0 Å². The van der Waals surface area contributed by atoms with Crippen molar-refractivity contribution in [2.75, 3.05) is 6.54 Å². The maximum Gasteiger partial charge on any atom is 0.241 e. The lowest BCUT2D eigenvalue weighted by Gasteiger charge is -2.06. The van der Waals surface area contributed by atoms with E-state index in [0.717, 1.165) is 11.3 Å². The van der Waals surface area contributed by atoms with Crippen LogP contribution >= 0.6 is 0 Å². The highest BCUT2D eigenvalue weighted by Gasteiger charge is 2.07. The fourth-order valence-corrected chi connectivity index (χ4v) is 2.76. The van der Waals surface area contributed by atoms with Crippen molar-refractivity contribution in [2.45, 2.75) is 32.9 Å². The van der Waals surface area contributed by atoms with Crippen LogP contribution in [-0.2, 0) is 24.4 Å². The lowest BCUT2D eigenvalue weighted by Crippen LogP contribution is -2.29. The van der Waals surface area contributed by atoms with Gasteiger partial charge in [0.05, 0.1) is 6.20 Å². The largest absolute Gasteiger partial charge is 0.487 e. The maximum absolute atomic E-state index is 13.5. The first kappa shape index (κ1) is 19.5. The van der Waals surface area contributed by atoms with Crippen molar-refractivity contribution in [2.24, 2.45) is 0 Å². The molecule has 3 aromatic rings. The number of carbonyl (C=O) groups excluding carboxylic acids is 1. The number of nitrogens with zero attached hydrogens (tertiary/aromatic N) is 3. The number of ether oxygens (including phenoxy) is 1. The Bertz CT molecular complexity index is 926. The van der Waals surface area contributed by atoms with Crippen LogP contribution in [0, 0.1) is 12.7 Å². The molecule has 2 aromatic carbocycles. The van der Waals surface area contributed by atoms with Crippen LogP contribution in [0.3, 0.4) is 0 Å². The van der Waals surface area contributed by atoms with E-state index < -0.39 is 0 Å². The van der Waals surface area contributed by atoms with Crippen LogP contribution in [0.2, 0.25) is 0 Å². The van der Waals surface area contributed by atoms with E-state index in [1.807, 2.05) is 37.3 Å². The van der Waals surface area contributed by atoms with Crippen LogP contribution in [0.4, 0.5) is 4.39 Å². The summed E-state index contributed by atoms with van der Waals surface area (Å²) in [7, 11) is 0. The molecule has 0 bridgehead atoms. The van der Waals surface area contributed by atoms with Gasteiger partial charge in [-0.15, -0.1) is 5.10 Å². The highest BCUT2D eigenvalue weighted by molar-refractivity contribution is 5.75. The highest BCUT2D eigenvalue weighted by atomic mass is 19.1. The van der Waals surface area contributed by atoms with Gasteiger partial charge in [0.2, 0.25) is 5.91 Å². The van der Waals surface area contributed by atoms with E-state index in [1.54, 1.807) is 18.3 Å². The highest BCUT2D eigenvalue weighted by Crippen LogP contribution is 2.13. The first-order valence-electron chi connectivity index (χ1n) is 9.19. The predicted molar refractivity (Wildman–Crippen MR) is 103 cm³/mol. The lowest BCUT2D eigenvalue weighted by atomic mass is 10.1. The third-order valence-corrected chi connectivity index (χ3v) is 4.17. The minimum Gasteiger partial charge on any atom is -0.487 e. The molecule has 0 unspecified atom stereocenters. The molecule has 7 heteroatoms. The monoisotopic (exact) mass is 382 g/mol. The van der Waals surface area contributed by atoms with Crippen molar-refractivity contribution < 1.29 is 13.9 Å². The number of amides is 1. The molecular weight excluding hydrogens is 359 g/mol. The van der Waals surface area contributed by atoms with Gasteiger partial charge in [0, 0.05) is 6.54 Å². The van der Waals surface area contributed by atoms with Crippen LogP contribution < -0.4 is 10.1 Å². The van der Waals surface area contributed by atoms with Crippen LogP contribution in [0.1, 0.15) is 23.2 Å². The third-order valence-electron chi connectivity index (χ3n) is 4.17. The van der Waals surface area contributed by atoms with Gasteiger partial charge in [-0.05, 0) is 49.1 Å². The Balaban J connectivity index is 1.38. The molecule has 1 amide bonds. The molecule has 0 aliphatic heterocycles. The average Bonchev–Trinajstić information content (AvgIpc) is 3.12. The minimum absolute atomic E-state index is 0.0805. The SMILES string of the molecule is Cc1cccc(OCc2cn(CC(=O)NCCCc3ccccc3F)nn2)c1. The average molecular weight is 382 g/mol. The van der Waals surface area contributed by atoms with Gasteiger partial charge in [-0.3, -0.25) is 4.79 Å². The molecule has 0 spiro atoms. The summed E-state index contributed by atoms with van der Waals surface area (Å²) < 4.78 is 20.7. The summed E-state index contributed by atoms with van der Waals surface area (Å²) in [6, 6.07) is 14.4. The Kier molecular flexibility index (Phi) is 6.73. The number of halogens is 1. The van der Waals surface area contributed by atoms with Gasteiger partial charge in [-0.2, -0.15) is 0 Å². The zero-order valence-corrected chi connectivity index (χ0v) is 15.8. The maximum atomic E-state index is 13.5. The molecule has 0 atom stereocenters. The van der Waals surface area contributed by atoms with Crippen LogP contribution in [-0.4, -0.2) is 27.4 Å². The summed E-state index contributed by atoms with van der Waals surface area (Å²) in [5, 5.41) is 10.8. The Hall–Kier alpha value is -3.22. The zero-order valence-electron chi connectivity index (χ0n) is 15.8. The van der Waals surface area contributed by atoms with E-state index in [1.165, 1.54) is 10.7 Å². The number of hydrogen-bond donors (Lipinski definition) is 1. The normalized spacial score (nSPS) is 10.6. The van der Waals surface area contributed by atoms with Crippen molar-refractivity contribution in [1.82, 2.24) is 20.3 Å². The van der Waals surface area contributed by atoms with Crippen LogP contribution in [0.5, 0.6) is 5.75 Å². The summed E-state index contributed by atoms with van der Waals surface area (Å²) in [6.45, 7) is 2.84. The summed E-state index contributed by atoms with van der Waals surface area (Å²) in [6.07, 6.45) is 2.94. The molecule has 1 heterocycles. The summed E-state index contributed by atoms with van der Waals surface area (Å²) >= 11 is 0. The second-order valence-corrected chi connectivity index (χ2v) is 6.56. The number of benzene rings is 2. The predicted octanol–water partition coefficient (Wildman–Crippen LogP) is 3.05. The second-order valence-electron chi connectivity index (χ2n) is 6.56. The molecule has 3 rings (SSSR count). The van der Waals surface area contributed by atoms with Gasteiger partial charge >= 0.3 is 0 Å². The van der Waals surface area contributed by atoms with Crippen molar-refractivity contribution in [3.63, 3.8) is 0 Å². The lowest BCUT2D eigenvalue weighted by molar-refractivity contribution is -0.121. The van der Waals surface area contributed by atoms with Gasteiger partial charge in [-0.25, -0.2) is 9.07 Å². The number of carbonyl (C=O) groups is 1. The first-order valence-corrected chi connectivity index (χ1v) is 9.19. The summed E-state index contributed by atoms with van der Waals surface area (Å²) in [5.74, 6) is 0.392. The quantitative estimate of drug-likeness (QED) is 0.578. The van der Waals surface area contributed by atoms with E-state index in [-0.39, 0.29) is 24.9 Å². The smallest absolute Gasteiger partial charge is 0.241 e. The van der Waals surface area contributed by atoms with Gasteiger partial charge in [-0.1, -0.05) is 35.5 Å². The van der Waals surface area contributed by atoms with E-state index in [4.69, 9.17) is 4.74 Å². The standard InChI is InChI=1S/C21H23FN4O2/c1-16-6-4-9-19(12-16)28-15-18-13-26(25-24-18)14-21(27)23-11-5-8-17-7-2-3-10-20(17)22/h2-4,6-7,9-10,12-13H,5,8,11,14-15H2,1H3,(H,23,27). The molecule has 0 radical (unpaired) electrons. The zero-order chi connectivity index (χ0) is 19.8. The molecule has 0 saturated heterocycles. The van der Waals surface area contributed by atoms with Gasteiger partial charge < -0.3 is 10.1 Å². The van der Waals surface area contributed by atoms with Crippen LogP contribution in [0.15, 0.2) is 54.7 Å². The number of rotatable bonds is 9. The van der Waals surface area contributed by atoms with E-state index >= 15 is 0 Å². The Morgan fingerprint density at radius 1 is 1.21 bits per heavy atom. The molecule has 1 aromatic heterocycles. The van der Waals surface area contributed by atoms with Crippen molar-refractivity contribution in [1.29, 1.82) is 0 Å². The van der Waals surface area contributed by atoms with Crippen molar-refractivity contribution >= 4 is 5.91 Å². The summed E-state index contributed by atoms with van der Waals surface area (Å²) in [4.78, 5) is 12.0. The van der Waals surface area contributed by atoms with Crippen molar-refractivity contribution in [3.05, 3.63) is 77.4 Å². The van der Waals surface area contributed by atoms with Gasteiger partial charge in [0.15, 0.2) is 0 Å². The molecule has 6 nitrogen and oxygen atoms in total. The molecular formula is C21H23FN4O2. The minimum atomic E-state index is -0.211. The second kappa shape index (κ2) is 9.64. The Morgan fingerprint density at radius 3 is 2.89 bits per heavy atom. The molecule has 0 aliphatic rings. The molecule has 0 aliphatic carbocycles. The fourth-order valence-electron chi connectivity index (χ4n) is 2.76. The molecule has 146 valence electrons. The summed E-state index contributed by atoms with van der Waals surface area (Å²) in [5.41, 5.74) is 2.42. The topological polar surface area (TPSA) is 69.0 Å². The third kappa shape index (κ3) is 5.90. The molecule has 0 saturated carbocycles. The number of aromatic nitrogens is 3. The van der Waals surface area contributed by atoms with E-state index in [0.29, 0.717) is 30.6 Å². The Morgan fingerprint density at radius 2 is 2.07 bits per heavy atom. The number of aryl methyl sites for hydroxylation is 2.